The average molecular weight is 238 g/mol. The smallest absolute Gasteiger partial charge is 0.256 e. The van der Waals surface area contributed by atoms with E-state index in [9.17, 15) is 9.18 Å². The summed E-state index contributed by atoms with van der Waals surface area (Å²) in [5.41, 5.74) is 5.77. The number of benzene rings is 1. The van der Waals surface area contributed by atoms with Crippen LogP contribution in [-0.4, -0.2) is 35.6 Å². The number of anilines is 1. The van der Waals surface area contributed by atoms with Crippen molar-refractivity contribution >= 4 is 11.6 Å². The number of rotatable bonds is 2. The summed E-state index contributed by atoms with van der Waals surface area (Å²) in [6.45, 7) is 1.11. The van der Waals surface area contributed by atoms with Crippen LogP contribution in [0.15, 0.2) is 18.2 Å². The molecule has 5 heteroatoms. The SMILES string of the molecule is Nc1ccc(C(=O)N2CCC(CO)C2)c(F)c1. The van der Waals surface area contributed by atoms with Crippen LogP contribution in [0.2, 0.25) is 0 Å². The number of aliphatic hydroxyl groups excluding tert-OH is 1. The second kappa shape index (κ2) is 4.71. The molecule has 0 radical (unpaired) electrons. The van der Waals surface area contributed by atoms with Crippen LogP contribution in [0.4, 0.5) is 10.1 Å². The number of carbonyl (C=O) groups excluding carboxylic acids is 1. The lowest BCUT2D eigenvalue weighted by molar-refractivity contribution is 0.0777. The van der Waals surface area contributed by atoms with Gasteiger partial charge in [0.1, 0.15) is 5.82 Å². The van der Waals surface area contributed by atoms with E-state index < -0.39 is 5.82 Å². The number of hydrogen-bond donors (Lipinski definition) is 2. The average Bonchev–Trinajstić information content (AvgIpc) is 2.76. The predicted octanol–water partition coefficient (Wildman–Crippen LogP) is 0.862. The third-order valence-corrected chi connectivity index (χ3v) is 3.05. The van der Waals surface area contributed by atoms with Gasteiger partial charge < -0.3 is 15.7 Å². The first-order chi connectivity index (χ1) is 8.11. The second-order valence-electron chi connectivity index (χ2n) is 4.33. The van der Waals surface area contributed by atoms with E-state index in [1.54, 1.807) is 4.90 Å². The van der Waals surface area contributed by atoms with E-state index in [0.717, 1.165) is 12.5 Å². The number of nitrogens with two attached hydrogens (primary N) is 1. The Morgan fingerprint density at radius 3 is 2.94 bits per heavy atom. The molecule has 0 aliphatic carbocycles. The van der Waals surface area contributed by atoms with Crippen LogP contribution in [0.5, 0.6) is 0 Å². The Balaban J connectivity index is 2.15. The van der Waals surface area contributed by atoms with Crippen LogP contribution in [0.25, 0.3) is 0 Å². The molecule has 0 aromatic heterocycles. The Kier molecular flexibility index (Phi) is 3.28. The van der Waals surface area contributed by atoms with Crippen molar-refractivity contribution in [1.29, 1.82) is 0 Å². The number of nitrogens with zero attached hydrogens (tertiary/aromatic N) is 1. The summed E-state index contributed by atoms with van der Waals surface area (Å²) < 4.78 is 13.6. The lowest BCUT2D eigenvalue weighted by Crippen LogP contribution is -2.29. The molecule has 1 atom stereocenters. The van der Waals surface area contributed by atoms with Gasteiger partial charge in [-0.2, -0.15) is 0 Å². The molecule has 1 amide bonds. The molecule has 3 N–H and O–H groups in total. The number of hydrogen-bond acceptors (Lipinski definition) is 3. The first kappa shape index (κ1) is 11.9. The molecule has 1 fully saturated rings. The molecule has 0 spiro atoms. The number of aliphatic hydroxyl groups is 1. The Labute approximate surface area is 98.8 Å². The van der Waals surface area contributed by atoms with Gasteiger partial charge in [-0.1, -0.05) is 0 Å². The molecular weight excluding hydrogens is 223 g/mol. The van der Waals surface area contributed by atoms with Gasteiger partial charge in [-0.25, -0.2) is 4.39 Å². The van der Waals surface area contributed by atoms with Gasteiger partial charge in [0.05, 0.1) is 5.56 Å². The van der Waals surface area contributed by atoms with Crippen molar-refractivity contribution in [2.75, 3.05) is 25.4 Å². The predicted molar refractivity (Wildman–Crippen MR) is 61.9 cm³/mol. The number of halogens is 1. The Bertz CT molecular complexity index is 437. The summed E-state index contributed by atoms with van der Waals surface area (Å²) in [5.74, 6) is -0.823. The highest BCUT2D eigenvalue weighted by Crippen LogP contribution is 2.20. The molecule has 0 bridgehead atoms. The van der Waals surface area contributed by atoms with Crippen molar-refractivity contribution in [3.8, 4) is 0 Å². The summed E-state index contributed by atoms with van der Waals surface area (Å²) in [4.78, 5) is 13.6. The lowest BCUT2D eigenvalue weighted by atomic mass is 10.1. The van der Waals surface area contributed by atoms with E-state index in [4.69, 9.17) is 10.8 Å². The summed E-state index contributed by atoms with van der Waals surface area (Å²) in [6.07, 6.45) is 0.763. The molecule has 1 aliphatic heterocycles. The van der Waals surface area contributed by atoms with E-state index in [2.05, 4.69) is 0 Å². The Morgan fingerprint density at radius 2 is 2.35 bits per heavy atom. The minimum absolute atomic E-state index is 0.0396. The van der Waals surface area contributed by atoms with E-state index in [-0.39, 0.29) is 24.0 Å². The standard InChI is InChI=1S/C12H15FN2O2/c13-11-5-9(14)1-2-10(11)12(17)15-4-3-8(6-15)7-16/h1-2,5,8,16H,3-4,6-7,14H2. The fourth-order valence-corrected chi connectivity index (χ4v) is 2.04. The minimum atomic E-state index is -0.595. The van der Waals surface area contributed by atoms with Crippen molar-refractivity contribution < 1.29 is 14.3 Å². The van der Waals surface area contributed by atoms with E-state index >= 15 is 0 Å². The monoisotopic (exact) mass is 238 g/mol. The highest BCUT2D eigenvalue weighted by Gasteiger charge is 2.27. The molecule has 1 aromatic rings. The van der Waals surface area contributed by atoms with Crippen LogP contribution in [0.1, 0.15) is 16.8 Å². The zero-order valence-electron chi connectivity index (χ0n) is 9.40. The fourth-order valence-electron chi connectivity index (χ4n) is 2.04. The maximum Gasteiger partial charge on any atom is 0.256 e. The zero-order chi connectivity index (χ0) is 12.4. The highest BCUT2D eigenvalue weighted by atomic mass is 19.1. The van der Waals surface area contributed by atoms with Gasteiger partial charge in [0.25, 0.3) is 5.91 Å². The first-order valence-electron chi connectivity index (χ1n) is 5.57. The van der Waals surface area contributed by atoms with Gasteiger partial charge in [0.2, 0.25) is 0 Å². The minimum Gasteiger partial charge on any atom is -0.399 e. The van der Waals surface area contributed by atoms with Crippen molar-refractivity contribution in [2.24, 2.45) is 5.92 Å². The molecule has 1 heterocycles. The fraction of sp³-hybridized carbons (Fsp3) is 0.417. The number of nitrogen functional groups attached to an aromatic ring is 1. The molecular formula is C12H15FN2O2. The summed E-state index contributed by atoms with van der Waals surface area (Å²) in [5, 5.41) is 9.00. The molecule has 4 nitrogen and oxygen atoms in total. The van der Waals surface area contributed by atoms with Crippen molar-refractivity contribution in [3.63, 3.8) is 0 Å². The van der Waals surface area contributed by atoms with Crippen LogP contribution < -0.4 is 5.73 Å². The quantitative estimate of drug-likeness (QED) is 0.751. The first-order valence-corrected chi connectivity index (χ1v) is 5.57. The summed E-state index contributed by atoms with van der Waals surface area (Å²) in [6, 6.07) is 4.06. The van der Waals surface area contributed by atoms with Gasteiger partial charge in [0.15, 0.2) is 0 Å². The van der Waals surface area contributed by atoms with Crippen LogP contribution >= 0.6 is 0 Å². The van der Waals surface area contributed by atoms with Crippen molar-refractivity contribution in [1.82, 2.24) is 4.90 Å². The number of carbonyl (C=O) groups is 1. The lowest BCUT2D eigenvalue weighted by Gasteiger charge is -2.16. The van der Waals surface area contributed by atoms with E-state index in [1.807, 2.05) is 0 Å². The summed E-state index contributed by atoms with van der Waals surface area (Å²) >= 11 is 0. The molecule has 0 saturated carbocycles. The van der Waals surface area contributed by atoms with Crippen LogP contribution in [0, 0.1) is 11.7 Å². The molecule has 1 aromatic carbocycles. The normalized spacial score (nSPS) is 19.6. The summed E-state index contributed by atoms with van der Waals surface area (Å²) in [7, 11) is 0. The van der Waals surface area contributed by atoms with Gasteiger partial charge in [-0.05, 0) is 24.6 Å². The molecule has 17 heavy (non-hydrogen) atoms. The third-order valence-electron chi connectivity index (χ3n) is 3.05. The molecule has 1 aliphatic rings. The molecule has 1 saturated heterocycles. The third kappa shape index (κ3) is 2.39. The topological polar surface area (TPSA) is 66.6 Å². The number of amides is 1. The van der Waals surface area contributed by atoms with E-state index in [0.29, 0.717) is 18.8 Å². The molecule has 1 unspecified atom stereocenters. The molecule has 2 rings (SSSR count). The second-order valence-corrected chi connectivity index (χ2v) is 4.33. The Hall–Kier alpha value is -1.62. The molecule has 92 valence electrons. The maximum absolute atomic E-state index is 13.6. The largest absolute Gasteiger partial charge is 0.399 e. The van der Waals surface area contributed by atoms with Crippen molar-refractivity contribution in [3.05, 3.63) is 29.6 Å². The van der Waals surface area contributed by atoms with Crippen LogP contribution in [0.3, 0.4) is 0 Å². The van der Waals surface area contributed by atoms with Gasteiger partial charge in [0, 0.05) is 31.3 Å². The number of likely N-dealkylation sites (tertiary alicyclic amines) is 1. The highest BCUT2D eigenvalue weighted by molar-refractivity contribution is 5.95. The van der Waals surface area contributed by atoms with Gasteiger partial charge in [-0.3, -0.25) is 4.79 Å². The zero-order valence-corrected chi connectivity index (χ0v) is 9.40. The van der Waals surface area contributed by atoms with E-state index in [1.165, 1.54) is 12.1 Å². The van der Waals surface area contributed by atoms with Crippen molar-refractivity contribution in [2.45, 2.75) is 6.42 Å². The maximum atomic E-state index is 13.6. The van der Waals surface area contributed by atoms with Gasteiger partial charge in [-0.15, -0.1) is 0 Å². The van der Waals surface area contributed by atoms with Crippen LogP contribution in [-0.2, 0) is 0 Å². The Morgan fingerprint density at radius 1 is 1.59 bits per heavy atom. The van der Waals surface area contributed by atoms with Gasteiger partial charge >= 0.3 is 0 Å².